The number of terminal acetylenes is 1. The van der Waals surface area contributed by atoms with Crippen molar-refractivity contribution in [2.24, 2.45) is 5.73 Å². The largest absolute Gasteiger partial charge is 0.456 e. The number of likely N-dealkylation sites (tertiary alicyclic amines) is 1. The van der Waals surface area contributed by atoms with E-state index in [-0.39, 0.29) is 6.04 Å². The first-order valence-electron chi connectivity index (χ1n) is 10.2. The molecule has 2 aromatic rings. The van der Waals surface area contributed by atoms with Gasteiger partial charge in [-0.1, -0.05) is 30.2 Å². The van der Waals surface area contributed by atoms with Crippen LogP contribution < -0.4 is 10.5 Å². The van der Waals surface area contributed by atoms with Crippen molar-refractivity contribution in [2.75, 3.05) is 0 Å². The van der Waals surface area contributed by atoms with Crippen molar-refractivity contribution < 1.29 is 19.1 Å². The number of benzene rings is 2. The number of nitrogens with zero attached hydrogens (tertiary/aromatic N) is 1. The quantitative estimate of drug-likeness (QED) is 0.722. The molecule has 0 spiro atoms. The first-order chi connectivity index (χ1) is 14.5. The van der Waals surface area contributed by atoms with E-state index in [1.54, 1.807) is 27.7 Å². The highest BCUT2D eigenvalue weighted by Crippen LogP contribution is 2.44. The Morgan fingerprint density at radius 3 is 2.39 bits per heavy atom. The fraction of sp³-hybridized carbons (Fsp3) is 0.360. The first-order valence-corrected chi connectivity index (χ1v) is 10.2. The fourth-order valence-corrected chi connectivity index (χ4v) is 3.77. The third kappa shape index (κ3) is 4.66. The number of rotatable bonds is 4. The maximum atomic E-state index is 13.0. The first kappa shape index (κ1) is 22.2. The van der Waals surface area contributed by atoms with E-state index in [0.717, 1.165) is 5.56 Å². The van der Waals surface area contributed by atoms with Gasteiger partial charge in [0.15, 0.2) is 0 Å². The molecule has 6 heteroatoms. The lowest BCUT2D eigenvalue weighted by Crippen LogP contribution is -2.55. The minimum absolute atomic E-state index is 0.334. The van der Waals surface area contributed by atoms with Crippen LogP contribution in [-0.2, 0) is 9.53 Å². The second-order valence-electron chi connectivity index (χ2n) is 8.85. The third-order valence-corrected chi connectivity index (χ3v) is 5.40. The van der Waals surface area contributed by atoms with Crippen LogP contribution >= 0.6 is 0 Å². The van der Waals surface area contributed by atoms with E-state index in [4.69, 9.17) is 21.6 Å². The van der Waals surface area contributed by atoms with Crippen LogP contribution in [-0.4, -0.2) is 28.0 Å². The summed E-state index contributed by atoms with van der Waals surface area (Å²) in [4.78, 5) is 26.7. The number of carbonyl (C=O) groups is 2. The highest BCUT2D eigenvalue weighted by atomic mass is 16.6. The van der Waals surface area contributed by atoms with Gasteiger partial charge < -0.3 is 15.2 Å². The van der Waals surface area contributed by atoms with Gasteiger partial charge in [0.25, 0.3) is 0 Å². The van der Waals surface area contributed by atoms with Crippen molar-refractivity contribution in [1.82, 2.24) is 4.90 Å². The zero-order chi connectivity index (χ0) is 22.8. The van der Waals surface area contributed by atoms with Gasteiger partial charge in [-0.2, -0.15) is 0 Å². The molecule has 3 rings (SSSR count). The SMILES string of the molecule is C#Cc1ccccc1Oc1ccc([C@H]2CC[C@@](C)(C(N)=O)N2C(=O)OC(C)(C)C)cc1. The minimum atomic E-state index is -1.12. The lowest BCUT2D eigenvalue weighted by Gasteiger charge is -2.37. The molecule has 2 amide bonds. The lowest BCUT2D eigenvalue weighted by atomic mass is 9.98. The summed E-state index contributed by atoms with van der Waals surface area (Å²) in [7, 11) is 0. The Bertz CT molecular complexity index is 1020. The zero-order valence-electron chi connectivity index (χ0n) is 18.3. The summed E-state index contributed by atoms with van der Waals surface area (Å²) in [5.41, 5.74) is 5.40. The summed E-state index contributed by atoms with van der Waals surface area (Å²) < 4.78 is 11.5. The summed E-state index contributed by atoms with van der Waals surface area (Å²) in [5.74, 6) is 3.26. The Kier molecular flexibility index (Phi) is 5.99. The predicted octanol–water partition coefficient (Wildman–Crippen LogP) is 4.78. The van der Waals surface area contributed by atoms with Crippen LogP contribution in [0, 0.1) is 12.3 Å². The number of carbonyl (C=O) groups excluding carboxylic acids is 2. The Balaban J connectivity index is 1.87. The Morgan fingerprint density at radius 2 is 1.81 bits per heavy atom. The van der Waals surface area contributed by atoms with Gasteiger partial charge in [-0.05, 0) is 70.4 Å². The van der Waals surface area contributed by atoms with Gasteiger partial charge in [0.05, 0.1) is 11.6 Å². The van der Waals surface area contributed by atoms with Gasteiger partial charge in [-0.15, -0.1) is 6.42 Å². The Morgan fingerprint density at radius 1 is 1.16 bits per heavy atom. The molecule has 0 unspecified atom stereocenters. The van der Waals surface area contributed by atoms with E-state index in [1.165, 1.54) is 4.90 Å². The van der Waals surface area contributed by atoms with Crippen LogP contribution in [0.1, 0.15) is 57.7 Å². The molecule has 1 saturated heterocycles. The number of hydrogen-bond donors (Lipinski definition) is 1. The van der Waals surface area contributed by atoms with Gasteiger partial charge >= 0.3 is 6.09 Å². The molecule has 2 N–H and O–H groups in total. The highest BCUT2D eigenvalue weighted by Gasteiger charge is 2.51. The van der Waals surface area contributed by atoms with E-state index in [0.29, 0.717) is 29.9 Å². The maximum Gasteiger partial charge on any atom is 0.411 e. The number of ether oxygens (including phenoxy) is 2. The molecular formula is C25H28N2O4. The Hall–Kier alpha value is -3.46. The summed E-state index contributed by atoms with van der Waals surface area (Å²) >= 11 is 0. The third-order valence-electron chi connectivity index (χ3n) is 5.40. The molecule has 0 aliphatic carbocycles. The average molecular weight is 421 g/mol. The highest BCUT2D eigenvalue weighted by molar-refractivity contribution is 5.89. The second kappa shape index (κ2) is 8.35. The number of nitrogens with two attached hydrogens (primary N) is 1. The van der Waals surface area contributed by atoms with Crippen LogP contribution in [0.15, 0.2) is 48.5 Å². The van der Waals surface area contributed by atoms with Crippen molar-refractivity contribution in [1.29, 1.82) is 0 Å². The number of hydrogen-bond acceptors (Lipinski definition) is 4. The number of amides is 2. The summed E-state index contributed by atoms with van der Waals surface area (Å²) in [5, 5.41) is 0. The van der Waals surface area contributed by atoms with Crippen molar-refractivity contribution >= 4 is 12.0 Å². The molecular weight excluding hydrogens is 392 g/mol. The molecule has 1 fully saturated rings. The molecule has 0 bridgehead atoms. The maximum absolute atomic E-state index is 13.0. The zero-order valence-corrected chi connectivity index (χ0v) is 18.3. The van der Waals surface area contributed by atoms with Gasteiger partial charge in [-0.3, -0.25) is 9.69 Å². The van der Waals surface area contributed by atoms with Crippen LogP contribution in [0.2, 0.25) is 0 Å². The van der Waals surface area contributed by atoms with Crippen molar-refractivity contribution in [2.45, 2.75) is 57.7 Å². The van der Waals surface area contributed by atoms with Gasteiger partial charge in [0.2, 0.25) is 5.91 Å². The minimum Gasteiger partial charge on any atom is -0.456 e. The van der Waals surface area contributed by atoms with E-state index in [1.807, 2.05) is 48.5 Å². The molecule has 2 atom stereocenters. The molecule has 0 saturated carbocycles. The predicted molar refractivity (Wildman–Crippen MR) is 119 cm³/mol. The Labute approximate surface area is 183 Å². The molecule has 31 heavy (non-hydrogen) atoms. The normalized spacial score (nSPS) is 20.7. The molecule has 1 heterocycles. The average Bonchev–Trinajstić information content (AvgIpc) is 3.07. The van der Waals surface area contributed by atoms with Crippen molar-refractivity contribution in [3.05, 3.63) is 59.7 Å². The molecule has 0 aromatic heterocycles. The standard InChI is InChI=1S/C25H28N2O4/c1-6-17-9-7-8-10-21(17)30-19-13-11-18(12-14-19)20-15-16-25(5,22(26)28)27(20)23(29)31-24(2,3)4/h1,7-14,20H,15-16H2,2-5H3,(H2,26,28)/t20-,25+/m1/s1. The monoisotopic (exact) mass is 420 g/mol. The molecule has 1 aliphatic rings. The second-order valence-corrected chi connectivity index (χ2v) is 8.85. The molecule has 0 radical (unpaired) electrons. The molecule has 6 nitrogen and oxygen atoms in total. The molecule has 1 aliphatic heterocycles. The van der Waals surface area contributed by atoms with Gasteiger partial charge in [-0.25, -0.2) is 4.79 Å². The van der Waals surface area contributed by atoms with Crippen molar-refractivity contribution in [3.8, 4) is 23.8 Å². The lowest BCUT2D eigenvalue weighted by molar-refractivity contribution is -0.128. The number of para-hydroxylation sites is 1. The van der Waals surface area contributed by atoms with E-state index in [2.05, 4.69) is 5.92 Å². The van der Waals surface area contributed by atoms with E-state index >= 15 is 0 Å². The van der Waals surface area contributed by atoms with Crippen LogP contribution in [0.5, 0.6) is 11.5 Å². The smallest absolute Gasteiger partial charge is 0.411 e. The van der Waals surface area contributed by atoms with Crippen LogP contribution in [0.25, 0.3) is 0 Å². The summed E-state index contributed by atoms with van der Waals surface area (Å²) in [6.45, 7) is 7.06. The topological polar surface area (TPSA) is 81.9 Å². The van der Waals surface area contributed by atoms with Crippen LogP contribution in [0.3, 0.4) is 0 Å². The summed E-state index contributed by atoms with van der Waals surface area (Å²) in [6, 6.07) is 14.4. The fourth-order valence-electron chi connectivity index (χ4n) is 3.77. The molecule has 2 aromatic carbocycles. The van der Waals surface area contributed by atoms with Gasteiger partial charge in [0.1, 0.15) is 22.6 Å². The van der Waals surface area contributed by atoms with Gasteiger partial charge in [0, 0.05) is 0 Å². The van der Waals surface area contributed by atoms with E-state index < -0.39 is 23.1 Å². The van der Waals surface area contributed by atoms with Crippen molar-refractivity contribution in [3.63, 3.8) is 0 Å². The van der Waals surface area contributed by atoms with Crippen LogP contribution in [0.4, 0.5) is 4.79 Å². The number of primary amides is 1. The summed E-state index contributed by atoms with van der Waals surface area (Å²) in [6.07, 6.45) is 6.03. The molecule has 162 valence electrons. The van der Waals surface area contributed by atoms with E-state index in [9.17, 15) is 9.59 Å².